The van der Waals surface area contributed by atoms with Crippen LogP contribution in [0, 0.1) is 0 Å². The van der Waals surface area contributed by atoms with E-state index in [1.807, 2.05) is 17.0 Å². The van der Waals surface area contributed by atoms with E-state index in [4.69, 9.17) is 4.74 Å². The Morgan fingerprint density at radius 3 is 2.75 bits per heavy atom. The second kappa shape index (κ2) is 6.15. The van der Waals surface area contributed by atoms with Gasteiger partial charge in [-0.25, -0.2) is 0 Å². The van der Waals surface area contributed by atoms with Crippen LogP contribution in [0.3, 0.4) is 0 Å². The van der Waals surface area contributed by atoms with Crippen LogP contribution in [0.4, 0.5) is 5.69 Å². The minimum atomic E-state index is -0.188. The number of aryl methyl sites for hydroxylation is 1. The van der Waals surface area contributed by atoms with E-state index in [1.165, 1.54) is 5.69 Å². The second-order valence-electron chi connectivity index (χ2n) is 7.49. The molecular weight excluding hydrogens is 354 g/mol. The van der Waals surface area contributed by atoms with Gasteiger partial charge in [0.25, 0.3) is 5.91 Å². The lowest BCUT2D eigenvalue weighted by atomic mass is 9.82. The van der Waals surface area contributed by atoms with Crippen molar-refractivity contribution in [2.75, 3.05) is 25.5 Å². The topological polar surface area (TPSA) is 64.3 Å². The van der Waals surface area contributed by atoms with E-state index < -0.39 is 0 Å². The molecule has 2 aliphatic heterocycles. The molecule has 0 radical (unpaired) electrons. The zero-order valence-electron chi connectivity index (χ0n) is 16.1. The molecule has 5 rings (SSSR count). The molecule has 3 aromatic rings. The number of benzene rings is 1. The number of hydrogen-bond acceptors (Lipinski definition) is 4. The molecule has 144 valence electrons. The van der Waals surface area contributed by atoms with E-state index in [-0.39, 0.29) is 11.4 Å². The van der Waals surface area contributed by atoms with E-state index in [9.17, 15) is 4.79 Å². The molecule has 0 unspecified atom stereocenters. The number of hydrogen-bond donors (Lipinski definition) is 1. The Morgan fingerprint density at radius 2 is 2.04 bits per heavy atom. The molecule has 28 heavy (non-hydrogen) atoms. The van der Waals surface area contributed by atoms with Crippen LogP contribution in [0.5, 0.6) is 5.75 Å². The molecule has 0 saturated carbocycles. The zero-order valence-corrected chi connectivity index (χ0v) is 16.1. The average molecular weight is 377 g/mol. The fourth-order valence-electron chi connectivity index (χ4n) is 4.47. The first kappa shape index (κ1) is 16.9. The third-order valence-corrected chi connectivity index (χ3v) is 6.02. The van der Waals surface area contributed by atoms with Crippen molar-refractivity contribution in [1.82, 2.24) is 19.2 Å². The maximum Gasteiger partial charge on any atom is 0.272 e. The standard InChI is InChI=1S/C21H23N5O2/c1-24-18(7-10-22-24)20(27)25-12-8-21(9-13-25)19-4-3-11-26(19)17-6-5-15(28-2)14-16(17)23-21/h3-7,10-11,14,23H,8-9,12-13H2,1-2H3. The molecule has 1 spiro atoms. The number of aromatic nitrogens is 3. The summed E-state index contributed by atoms with van der Waals surface area (Å²) in [6, 6.07) is 12.2. The van der Waals surface area contributed by atoms with Crippen LogP contribution >= 0.6 is 0 Å². The molecule has 1 saturated heterocycles. The first-order valence-electron chi connectivity index (χ1n) is 9.53. The largest absolute Gasteiger partial charge is 0.497 e. The van der Waals surface area contributed by atoms with Crippen LogP contribution in [0.25, 0.3) is 5.69 Å². The van der Waals surface area contributed by atoms with E-state index in [2.05, 4.69) is 39.4 Å². The van der Waals surface area contributed by atoms with E-state index in [0.717, 1.165) is 30.0 Å². The molecule has 0 aliphatic carbocycles. The maximum absolute atomic E-state index is 12.9. The molecule has 0 atom stereocenters. The van der Waals surface area contributed by atoms with Crippen molar-refractivity contribution < 1.29 is 9.53 Å². The summed E-state index contributed by atoms with van der Waals surface area (Å²) in [5.41, 5.74) is 3.88. The highest BCUT2D eigenvalue weighted by molar-refractivity contribution is 5.92. The van der Waals surface area contributed by atoms with Crippen molar-refractivity contribution in [3.8, 4) is 11.4 Å². The number of methoxy groups -OCH3 is 1. The summed E-state index contributed by atoms with van der Waals surface area (Å²) in [7, 11) is 3.49. The summed E-state index contributed by atoms with van der Waals surface area (Å²) < 4.78 is 9.31. The van der Waals surface area contributed by atoms with Crippen molar-refractivity contribution in [2.45, 2.75) is 18.4 Å². The summed E-state index contributed by atoms with van der Waals surface area (Å²) >= 11 is 0. The van der Waals surface area contributed by atoms with Gasteiger partial charge >= 0.3 is 0 Å². The number of piperidine rings is 1. The van der Waals surface area contributed by atoms with Gasteiger partial charge in [-0.3, -0.25) is 9.48 Å². The third kappa shape index (κ3) is 2.42. The lowest BCUT2D eigenvalue weighted by Gasteiger charge is -2.46. The summed E-state index contributed by atoms with van der Waals surface area (Å²) in [6.45, 7) is 1.39. The summed E-state index contributed by atoms with van der Waals surface area (Å²) in [6.07, 6.45) is 5.46. The average Bonchev–Trinajstić information content (AvgIpc) is 3.37. The number of ether oxygens (including phenoxy) is 1. The number of nitrogens with one attached hydrogen (secondary N) is 1. The molecule has 2 aliphatic rings. The molecule has 1 N–H and O–H groups in total. The number of likely N-dealkylation sites (tertiary alicyclic amines) is 1. The fourth-order valence-corrected chi connectivity index (χ4v) is 4.47. The van der Waals surface area contributed by atoms with Crippen LogP contribution in [0.1, 0.15) is 29.0 Å². The van der Waals surface area contributed by atoms with Crippen molar-refractivity contribution in [2.24, 2.45) is 7.05 Å². The third-order valence-electron chi connectivity index (χ3n) is 6.02. The Labute approximate surface area is 163 Å². The number of amides is 1. The van der Waals surface area contributed by atoms with Crippen LogP contribution in [0.2, 0.25) is 0 Å². The Balaban J connectivity index is 1.44. The first-order chi connectivity index (χ1) is 13.6. The van der Waals surface area contributed by atoms with Gasteiger partial charge in [0.15, 0.2) is 0 Å². The van der Waals surface area contributed by atoms with Gasteiger partial charge in [0, 0.05) is 44.3 Å². The highest BCUT2D eigenvalue weighted by Gasteiger charge is 2.42. The Kier molecular flexibility index (Phi) is 3.72. The summed E-state index contributed by atoms with van der Waals surface area (Å²) in [5, 5.41) is 7.90. The SMILES string of the molecule is COc1ccc2c(c1)NC1(CCN(C(=O)c3ccnn3C)CC1)c1cccn1-2. The van der Waals surface area contributed by atoms with Crippen LogP contribution in [-0.2, 0) is 12.6 Å². The summed E-state index contributed by atoms with van der Waals surface area (Å²) in [5.74, 6) is 0.879. The molecule has 4 heterocycles. The van der Waals surface area contributed by atoms with Crippen molar-refractivity contribution in [3.05, 3.63) is 60.2 Å². The molecule has 1 aromatic carbocycles. The molecule has 7 nitrogen and oxygen atoms in total. The number of carbonyl (C=O) groups excluding carboxylic acids is 1. The number of nitrogens with zero attached hydrogens (tertiary/aromatic N) is 4. The molecule has 1 amide bonds. The Morgan fingerprint density at radius 1 is 1.21 bits per heavy atom. The van der Waals surface area contributed by atoms with E-state index in [0.29, 0.717) is 18.8 Å². The second-order valence-corrected chi connectivity index (χ2v) is 7.49. The maximum atomic E-state index is 12.9. The van der Waals surface area contributed by atoms with Gasteiger partial charge < -0.3 is 19.5 Å². The molecule has 0 bridgehead atoms. The van der Waals surface area contributed by atoms with Gasteiger partial charge in [-0.05, 0) is 43.2 Å². The fraction of sp³-hybridized carbons (Fsp3) is 0.333. The van der Waals surface area contributed by atoms with Crippen LogP contribution in [-0.4, -0.2) is 45.4 Å². The zero-order chi connectivity index (χ0) is 19.3. The Hall–Kier alpha value is -3.22. The minimum Gasteiger partial charge on any atom is -0.497 e. The minimum absolute atomic E-state index is 0.0445. The summed E-state index contributed by atoms with van der Waals surface area (Å²) in [4.78, 5) is 14.8. The lowest BCUT2D eigenvalue weighted by molar-refractivity contribution is 0.0665. The monoisotopic (exact) mass is 377 g/mol. The van der Waals surface area contributed by atoms with Gasteiger partial charge in [0.05, 0.1) is 24.0 Å². The van der Waals surface area contributed by atoms with E-state index in [1.54, 1.807) is 31.1 Å². The normalized spacial score (nSPS) is 17.0. The number of rotatable bonds is 2. The predicted molar refractivity (Wildman–Crippen MR) is 106 cm³/mol. The first-order valence-corrected chi connectivity index (χ1v) is 9.53. The van der Waals surface area contributed by atoms with Crippen molar-refractivity contribution in [1.29, 1.82) is 0 Å². The predicted octanol–water partition coefficient (Wildman–Crippen LogP) is 2.78. The van der Waals surface area contributed by atoms with Gasteiger partial charge in [0.2, 0.25) is 0 Å². The molecular formula is C21H23N5O2. The van der Waals surface area contributed by atoms with Gasteiger partial charge in [-0.15, -0.1) is 0 Å². The highest BCUT2D eigenvalue weighted by atomic mass is 16.5. The number of fused-ring (bicyclic) bond motifs is 4. The quantitative estimate of drug-likeness (QED) is 0.746. The van der Waals surface area contributed by atoms with Gasteiger partial charge in [0.1, 0.15) is 11.4 Å². The molecule has 2 aromatic heterocycles. The van der Waals surface area contributed by atoms with Gasteiger partial charge in [-0.2, -0.15) is 5.10 Å². The lowest BCUT2D eigenvalue weighted by Crippen LogP contribution is -2.51. The molecule has 7 heteroatoms. The van der Waals surface area contributed by atoms with Crippen molar-refractivity contribution in [3.63, 3.8) is 0 Å². The van der Waals surface area contributed by atoms with Crippen LogP contribution in [0.15, 0.2) is 48.8 Å². The number of carbonyl (C=O) groups is 1. The smallest absolute Gasteiger partial charge is 0.272 e. The van der Waals surface area contributed by atoms with Crippen molar-refractivity contribution >= 4 is 11.6 Å². The molecule has 1 fully saturated rings. The van der Waals surface area contributed by atoms with Gasteiger partial charge in [-0.1, -0.05) is 0 Å². The van der Waals surface area contributed by atoms with Crippen LogP contribution < -0.4 is 10.1 Å². The Bertz CT molecular complexity index is 1040. The number of anilines is 1. The van der Waals surface area contributed by atoms with E-state index >= 15 is 0 Å². The highest BCUT2D eigenvalue weighted by Crippen LogP contribution is 2.44.